The molecule has 0 aliphatic carbocycles. The highest BCUT2D eigenvalue weighted by Crippen LogP contribution is 2.28. The highest BCUT2D eigenvalue weighted by atomic mass is 32.2. The molecule has 0 unspecified atom stereocenters. The Morgan fingerprint density at radius 1 is 1.04 bits per heavy atom. The summed E-state index contributed by atoms with van der Waals surface area (Å²) in [5.41, 5.74) is 1.39. The van der Waals surface area contributed by atoms with E-state index >= 15 is 0 Å². The predicted octanol–water partition coefficient (Wildman–Crippen LogP) is 3.50. The van der Waals surface area contributed by atoms with Crippen molar-refractivity contribution >= 4 is 27.3 Å². The second kappa shape index (κ2) is 9.27. The van der Waals surface area contributed by atoms with Gasteiger partial charge in [0.05, 0.1) is 20.0 Å². The van der Waals surface area contributed by atoms with Gasteiger partial charge in [-0.15, -0.1) is 0 Å². The van der Waals surface area contributed by atoms with Crippen molar-refractivity contribution in [3.8, 4) is 11.5 Å². The first-order valence-corrected chi connectivity index (χ1v) is 10.4. The number of benzene rings is 2. The highest BCUT2D eigenvalue weighted by Gasteiger charge is 2.12. The van der Waals surface area contributed by atoms with Crippen LogP contribution in [-0.2, 0) is 10.0 Å². The minimum atomic E-state index is -3.34. The number of unbranched alkanes of at least 4 members (excludes halogenated alkanes) is 1. The van der Waals surface area contributed by atoms with Gasteiger partial charge in [-0.1, -0.05) is 13.3 Å². The molecule has 2 rings (SSSR count). The Labute approximate surface area is 159 Å². The Hall–Kier alpha value is -2.74. The van der Waals surface area contributed by atoms with Crippen LogP contribution in [0.1, 0.15) is 30.1 Å². The number of ether oxygens (including phenoxy) is 2. The number of rotatable bonds is 9. The minimum absolute atomic E-state index is 0.308. The molecule has 0 heterocycles. The average molecular weight is 392 g/mol. The van der Waals surface area contributed by atoms with Gasteiger partial charge < -0.3 is 14.8 Å². The van der Waals surface area contributed by atoms with Gasteiger partial charge in [-0.2, -0.15) is 0 Å². The van der Waals surface area contributed by atoms with Crippen LogP contribution in [0.15, 0.2) is 42.5 Å². The molecular formula is C19H24N2O5S. The fourth-order valence-electron chi connectivity index (χ4n) is 2.29. The molecule has 2 aromatic rings. The van der Waals surface area contributed by atoms with Gasteiger partial charge in [-0.3, -0.25) is 9.52 Å². The second-order valence-corrected chi connectivity index (χ2v) is 7.72. The van der Waals surface area contributed by atoms with Crippen molar-refractivity contribution in [2.75, 3.05) is 30.0 Å². The van der Waals surface area contributed by atoms with Crippen LogP contribution in [0.25, 0.3) is 0 Å². The monoisotopic (exact) mass is 392 g/mol. The van der Waals surface area contributed by atoms with Gasteiger partial charge in [0.2, 0.25) is 10.0 Å². The van der Waals surface area contributed by atoms with Gasteiger partial charge in [0.15, 0.2) is 11.5 Å². The minimum Gasteiger partial charge on any atom is -0.493 e. The first-order chi connectivity index (χ1) is 12.8. The third-order valence-electron chi connectivity index (χ3n) is 3.63. The van der Waals surface area contributed by atoms with Gasteiger partial charge in [0.1, 0.15) is 0 Å². The number of carbonyl (C=O) groups excluding carboxylic acids is 1. The lowest BCUT2D eigenvalue weighted by atomic mass is 10.1. The second-order valence-electron chi connectivity index (χ2n) is 5.97. The topological polar surface area (TPSA) is 93.7 Å². The van der Waals surface area contributed by atoms with Crippen LogP contribution in [0, 0.1) is 0 Å². The molecule has 0 bridgehead atoms. The Morgan fingerprint density at radius 3 is 2.30 bits per heavy atom. The predicted molar refractivity (Wildman–Crippen MR) is 106 cm³/mol. The molecule has 8 heteroatoms. The van der Waals surface area contributed by atoms with Crippen molar-refractivity contribution in [3.63, 3.8) is 0 Å². The van der Waals surface area contributed by atoms with Crippen molar-refractivity contribution in [1.82, 2.24) is 0 Å². The fourth-order valence-corrected chi connectivity index (χ4v) is 2.86. The smallest absolute Gasteiger partial charge is 0.255 e. The van der Waals surface area contributed by atoms with E-state index in [0.29, 0.717) is 35.0 Å². The fraction of sp³-hybridized carbons (Fsp3) is 0.316. The third-order valence-corrected chi connectivity index (χ3v) is 4.23. The van der Waals surface area contributed by atoms with Crippen LogP contribution in [0.3, 0.4) is 0 Å². The highest BCUT2D eigenvalue weighted by molar-refractivity contribution is 7.92. The molecule has 0 saturated carbocycles. The SMILES string of the molecule is CCCCOc1ccc(C(=O)Nc2ccc(NS(C)(=O)=O)cc2)cc1OC. The molecule has 146 valence electrons. The summed E-state index contributed by atoms with van der Waals surface area (Å²) in [6, 6.07) is 11.4. The van der Waals surface area contributed by atoms with E-state index in [9.17, 15) is 13.2 Å². The molecule has 0 aromatic heterocycles. The lowest BCUT2D eigenvalue weighted by molar-refractivity contribution is 0.102. The Bertz CT molecular complexity index is 879. The van der Waals surface area contributed by atoms with E-state index in [0.717, 1.165) is 19.1 Å². The summed E-state index contributed by atoms with van der Waals surface area (Å²) >= 11 is 0. The molecule has 0 fully saturated rings. The molecule has 0 radical (unpaired) electrons. The maximum atomic E-state index is 12.4. The van der Waals surface area contributed by atoms with E-state index < -0.39 is 10.0 Å². The summed E-state index contributed by atoms with van der Waals surface area (Å²) in [6.07, 6.45) is 3.04. The molecule has 0 saturated heterocycles. The van der Waals surface area contributed by atoms with E-state index in [4.69, 9.17) is 9.47 Å². The number of methoxy groups -OCH3 is 1. The van der Waals surface area contributed by atoms with Crippen molar-refractivity contribution in [2.24, 2.45) is 0 Å². The molecule has 0 spiro atoms. The van der Waals surface area contributed by atoms with Crippen molar-refractivity contribution < 1.29 is 22.7 Å². The van der Waals surface area contributed by atoms with E-state index in [2.05, 4.69) is 17.0 Å². The van der Waals surface area contributed by atoms with Crippen molar-refractivity contribution in [2.45, 2.75) is 19.8 Å². The van der Waals surface area contributed by atoms with Gasteiger partial charge >= 0.3 is 0 Å². The van der Waals surface area contributed by atoms with Crippen LogP contribution in [-0.4, -0.2) is 34.3 Å². The summed E-state index contributed by atoms with van der Waals surface area (Å²) in [5, 5.41) is 2.76. The summed E-state index contributed by atoms with van der Waals surface area (Å²) in [6.45, 7) is 2.67. The Balaban J connectivity index is 2.06. The van der Waals surface area contributed by atoms with Crippen LogP contribution < -0.4 is 19.5 Å². The molecule has 1 amide bonds. The molecule has 27 heavy (non-hydrogen) atoms. The molecule has 0 aliphatic rings. The quantitative estimate of drug-likeness (QED) is 0.637. The zero-order chi connectivity index (χ0) is 19.9. The summed E-state index contributed by atoms with van der Waals surface area (Å²) in [7, 11) is -1.81. The summed E-state index contributed by atoms with van der Waals surface area (Å²) in [4.78, 5) is 12.4. The third kappa shape index (κ3) is 6.49. The largest absolute Gasteiger partial charge is 0.493 e. The number of carbonyl (C=O) groups is 1. The molecule has 0 atom stereocenters. The molecular weight excluding hydrogens is 368 g/mol. The van der Waals surface area contributed by atoms with Crippen LogP contribution in [0.4, 0.5) is 11.4 Å². The van der Waals surface area contributed by atoms with Gasteiger partial charge in [0.25, 0.3) is 5.91 Å². The maximum absolute atomic E-state index is 12.4. The zero-order valence-electron chi connectivity index (χ0n) is 15.6. The first-order valence-electron chi connectivity index (χ1n) is 8.52. The van der Waals surface area contributed by atoms with E-state index in [1.807, 2.05) is 0 Å². The van der Waals surface area contributed by atoms with Crippen molar-refractivity contribution in [3.05, 3.63) is 48.0 Å². The number of anilines is 2. The van der Waals surface area contributed by atoms with E-state index in [1.54, 1.807) is 42.5 Å². The van der Waals surface area contributed by atoms with Gasteiger partial charge in [-0.25, -0.2) is 8.42 Å². The van der Waals surface area contributed by atoms with Crippen LogP contribution in [0.5, 0.6) is 11.5 Å². The normalized spacial score (nSPS) is 10.9. The van der Waals surface area contributed by atoms with Gasteiger partial charge in [-0.05, 0) is 48.9 Å². The molecule has 2 aromatic carbocycles. The maximum Gasteiger partial charge on any atom is 0.255 e. The van der Waals surface area contributed by atoms with E-state index in [1.165, 1.54) is 7.11 Å². The number of hydrogen-bond acceptors (Lipinski definition) is 5. The number of nitrogens with one attached hydrogen (secondary N) is 2. The Kier molecular flexibility index (Phi) is 7.06. The average Bonchev–Trinajstić information content (AvgIpc) is 2.62. The molecule has 7 nitrogen and oxygen atoms in total. The number of amides is 1. The first kappa shape index (κ1) is 20.6. The Morgan fingerprint density at radius 2 is 1.70 bits per heavy atom. The summed E-state index contributed by atoms with van der Waals surface area (Å²) in [5.74, 6) is 0.780. The summed E-state index contributed by atoms with van der Waals surface area (Å²) < 4.78 is 35.8. The van der Waals surface area contributed by atoms with E-state index in [-0.39, 0.29) is 5.91 Å². The van der Waals surface area contributed by atoms with Crippen molar-refractivity contribution in [1.29, 1.82) is 0 Å². The zero-order valence-corrected chi connectivity index (χ0v) is 16.4. The lowest BCUT2D eigenvalue weighted by Gasteiger charge is -2.12. The standard InChI is InChI=1S/C19H24N2O5S/c1-4-5-12-26-17-11-6-14(13-18(17)25-2)19(22)20-15-7-9-16(10-8-15)21-27(3,23)24/h6-11,13,21H,4-5,12H2,1-3H3,(H,20,22). The number of hydrogen-bond donors (Lipinski definition) is 2. The number of sulfonamides is 1. The molecule has 0 aliphatic heterocycles. The van der Waals surface area contributed by atoms with Gasteiger partial charge in [0, 0.05) is 16.9 Å². The lowest BCUT2D eigenvalue weighted by Crippen LogP contribution is -2.13. The van der Waals surface area contributed by atoms with Crippen LogP contribution in [0.2, 0.25) is 0 Å². The molecule has 2 N–H and O–H groups in total. The van der Waals surface area contributed by atoms with Crippen LogP contribution >= 0.6 is 0 Å².